The first-order valence-corrected chi connectivity index (χ1v) is 11.5. The number of primary amides is 1. The van der Waals surface area contributed by atoms with Gasteiger partial charge in [0.2, 0.25) is 5.91 Å². The van der Waals surface area contributed by atoms with Gasteiger partial charge in [-0.15, -0.1) is 0 Å². The molecule has 9 heteroatoms. The Labute approximate surface area is 197 Å². The largest absolute Gasteiger partial charge is 0.507 e. The molecule has 1 amide bonds. The summed E-state index contributed by atoms with van der Waals surface area (Å²) in [5, 5.41) is 22.0. The van der Waals surface area contributed by atoms with E-state index in [0.29, 0.717) is 18.4 Å². The van der Waals surface area contributed by atoms with Gasteiger partial charge in [0.1, 0.15) is 5.75 Å². The summed E-state index contributed by atoms with van der Waals surface area (Å²) in [4.78, 5) is 67.0. The molecular formula is C25H30N2O7. The van der Waals surface area contributed by atoms with E-state index in [1.54, 1.807) is 20.2 Å². The minimum Gasteiger partial charge on any atom is -0.507 e. The van der Waals surface area contributed by atoms with Crippen molar-refractivity contribution in [1.82, 2.24) is 4.90 Å². The molecule has 4 rings (SSSR count). The Morgan fingerprint density at radius 2 is 1.82 bits per heavy atom. The molecule has 0 saturated heterocycles. The molecule has 34 heavy (non-hydrogen) atoms. The number of hydrogen-bond acceptors (Lipinski definition) is 8. The van der Waals surface area contributed by atoms with Gasteiger partial charge in [-0.2, -0.15) is 0 Å². The molecule has 3 aliphatic carbocycles. The summed E-state index contributed by atoms with van der Waals surface area (Å²) in [6, 6.07) is 2.10. The fourth-order valence-electron chi connectivity index (χ4n) is 6.30. The molecule has 0 bridgehead atoms. The Bertz CT molecular complexity index is 1120. The maximum Gasteiger partial charge on any atom is 0.235 e. The topological polar surface area (TPSA) is 155 Å². The number of carbonyl (C=O) groups is 5. The number of nitrogens with two attached hydrogens (primary N) is 1. The van der Waals surface area contributed by atoms with Crippen molar-refractivity contribution in [2.75, 3.05) is 14.1 Å². The zero-order valence-electron chi connectivity index (χ0n) is 19.7. The maximum atomic E-state index is 13.7. The van der Waals surface area contributed by atoms with Crippen LogP contribution < -0.4 is 5.73 Å². The van der Waals surface area contributed by atoms with E-state index in [2.05, 4.69) is 0 Å². The fraction of sp³-hybridized carbons (Fsp3) is 0.560. The van der Waals surface area contributed by atoms with Crippen LogP contribution >= 0.6 is 0 Å². The summed E-state index contributed by atoms with van der Waals surface area (Å²) in [7, 11) is 3.13. The molecule has 4 N–H and O–H groups in total. The van der Waals surface area contributed by atoms with E-state index in [4.69, 9.17) is 5.73 Å². The van der Waals surface area contributed by atoms with Gasteiger partial charge < -0.3 is 15.9 Å². The number of amides is 1. The minimum absolute atomic E-state index is 0.0461. The van der Waals surface area contributed by atoms with Gasteiger partial charge in [-0.05, 0) is 62.4 Å². The number of benzene rings is 1. The second kappa shape index (κ2) is 8.09. The number of phenols is 1. The van der Waals surface area contributed by atoms with Crippen molar-refractivity contribution >= 4 is 29.0 Å². The summed E-state index contributed by atoms with van der Waals surface area (Å²) in [6.07, 6.45) is 1.02. The van der Waals surface area contributed by atoms with Crippen molar-refractivity contribution in [2.24, 2.45) is 35.3 Å². The zero-order valence-corrected chi connectivity index (χ0v) is 19.7. The molecule has 0 aliphatic heterocycles. The van der Waals surface area contributed by atoms with Crippen LogP contribution in [0.1, 0.15) is 41.8 Å². The fourth-order valence-corrected chi connectivity index (χ4v) is 6.30. The SMILES string of the molecule is CC(C)Cc1ccc(O)c2c1C[C@H]1C[C@H]3[C@H](N(C)C)C(=O)C(C(N)=O)C(=O)[C@@]3(O)C(=O)C1C2=O. The number of carbonyl (C=O) groups excluding carboxylic acids is 5. The lowest BCUT2D eigenvalue weighted by molar-refractivity contribution is -0.181. The van der Waals surface area contributed by atoms with Crippen molar-refractivity contribution in [1.29, 1.82) is 0 Å². The molecule has 6 atom stereocenters. The van der Waals surface area contributed by atoms with Crippen molar-refractivity contribution in [3.63, 3.8) is 0 Å². The Morgan fingerprint density at radius 1 is 1.18 bits per heavy atom. The first-order valence-electron chi connectivity index (χ1n) is 11.5. The third-order valence-electron chi connectivity index (χ3n) is 7.67. The van der Waals surface area contributed by atoms with Crippen LogP contribution in [0.15, 0.2) is 12.1 Å². The van der Waals surface area contributed by atoms with Gasteiger partial charge in [0.25, 0.3) is 0 Å². The highest BCUT2D eigenvalue weighted by atomic mass is 16.3. The lowest BCUT2D eigenvalue weighted by Crippen LogP contribution is -2.74. The van der Waals surface area contributed by atoms with Crippen LogP contribution in [0.25, 0.3) is 0 Å². The molecule has 2 fully saturated rings. The van der Waals surface area contributed by atoms with E-state index < -0.39 is 64.4 Å². The standard InChI is InChI=1S/C25H30N2O7/c1-10(2)7-11-5-6-15(28)17-13(11)8-12-9-14-19(27(3)4)21(30)18(24(26)33)23(32)25(14,34)22(31)16(12)20(17)29/h5-6,10,12,14,16,18-19,28,34H,7-9H2,1-4H3,(H2,26,33)/t12-,14-,16?,18?,19-,25-/m0/s1. The van der Waals surface area contributed by atoms with Crippen LogP contribution in [0.2, 0.25) is 0 Å². The van der Waals surface area contributed by atoms with Crippen molar-refractivity contribution < 1.29 is 34.2 Å². The molecule has 0 radical (unpaired) electrons. The zero-order chi connectivity index (χ0) is 25.3. The molecule has 3 aliphatic rings. The highest BCUT2D eigenvalue weighted by Gasteiger charge is 2.69. The van der Waals surface area contributed by atoms with Gasteiger partial charge in [0.15, 0.2) is 34.7 Å². The van der Waals surface area contributed by atoms with E-state index >= 15 is 0 Å². The van der Waals surface area contributed by atoms with Crippen molar-refractivity contribution in [2.45, 2.75) is 44.8 Å². The Kier molecular flexibility index (Phi) is 5.77. The number of likely N-dealkylation sites (N-methyl/N-ethyl adjacent to an activating group) is 1. The Balaban J connectivity index is 1.86. The monoisotopic (exact) mass is 470 g/mol. The molecule has 9 nitrogen and oxygen atoms in total. The first-order chi connectivity index (χ1) is 15.8. The normalized spacial score (nSPS) is 33.1. The second-order valence-corrected chi connectivity index (χ2v) is 10.5. The van der Waals surface area contributed by atoms with E-state index in [1.807, 2.05) is 13.8 Å². The molecule has 2 unspecified atom stereocenters. The Hall–Kier alpha value is -2.91. The number of fused-ring (bicyclic) bond motifs is 3. The van der Waals surface area contributed by atoms with Gasteiger partial charge in [0.05, 0.1) is 17.5 Å². The third-order valence-corrected chi connectivity index (χ3v) is 7.67. The van der Waals surface area contributed by atoms with Gasteiger partial charge in [0, 0.05) is 5.92 Å². The number of Topliss-reactive ketones (excluding diaryl/α,β-unsaturated/α-hetero) is 4. The number of phenolic OH excluding ortho intramolecular Hbond substituents is 1. The summed E-state index contributed by atoms with van der Waals surface area (Å²) in [6.45, 7) is 4.07. The predicted octanol–water partition coefficient (Wildman–Crippen LogP) is 0.0655. The number of hydrogen-bond donors (Lipinski definition) is 3. The van der Waals surface area contributed by atoms with Crippen LogP contribution in [0.4, 0.5) is 0 Å². The first kappa shape index (κ1) is 24.2. The van der Waals surface area contributed by atoms with Crippen LogP contribution in [0.3, 0.4) is 0 Å². The quantitative estimate of drug-likeness (QED) is 0.522. The minimum atomic E-state index is -2.69. The molecular weight excluding hydrogens is 440 g/mol. The van der Waals surface area contributed by atoms with Crippen LogP contribution in [0.5, 0.6) is 5.75 Å². The number of rotatable bonds is 4. The molecule has 1 aromatic carbocycles. The van der Waals surface area contributed by atoms with Crippen LogP contribution in [0, 0.1) is 29.6 Å². The van der Waals surface area contributed by atoms with E-state index in [-0.39, 0.29) is 23.7 Å². The number of aliphatic hydroxyl groups is 1. The maximum absolute atomic E-state index is 13.7. The lowest BCUT2D eigenvalue weighted by Gasteiger charge is -2.52. The molecule has 2 saturated carbocycles. The predicted molar refractivity (Wildman–Crippen MR) is 120 cm³/mol. The second-order valence-electron chi connectivity index (χ2n) is 10.5. The summed E-state index contributed by atoms with van der Waals surface area (Å²) in [5.41, 5.74) is 4.24. The van der Waals surface area contributed by atoms with Gasteiger partial charge >= 0.3 is 0 Å². The van der Waals surface area contributed by atoms with Gasteiger partial charge in [-0.1, -0.05) is 19.9 Å². The van der Waals surface area contributed by atoms with E-state index in [9.17, 15) is 34.2 Å². The number of nitrogens with zero attached hydrogens (tertiary/aromatic N) is 1. The molecule has 0 aromatic heterocycles. The average molecular weight is 471 g/mol. The number of aromatic hydroxyl groups is 1. The van der Waals surface area contributed by atoms with Crippen molar-refractivity contribution in [3.8, 4) is 5.75 Å². The summed E-state index contributed by atoms with van der Waals surface area (Å²) < 4.78 is 0. The lowest BCUT2D eigenvalue weighted by atomic mass is 9.52. The summed E-state index contributed by atoms with van der Waals surface area (Å²) >= 11 is 0. The van der Waals surface area contributed by atoms with Crippen LogP contribution in [-0.2, 0) is 32.0 Å². The molecule has 0 heterocycles. The van der Waals surface area contributed by atoms with Crippen molar-refractivity contribution in [3.05, 3.63) is 28.8 Å². The third kappa shape index (κ3) is 3.25. The number of ketones is 4. The summed E-state index contributed by atoms with van der Waals surface area (Å²) in [5.74, 6) is -9.87. The average Bonchev–Trinajstić information content (AvgIpc) is 2.72. The van der Waals surface area contributed by atoms with E-state index in [1.165, 1.54) is 11.0 Å². The highest BCUT2D eigenvalue weighted by Crippen LogP contribution is 2.51. The van der Waals surface area contributed by atoms with Gasteiger partial charge in [-0.3, -0.25) is 28.9 Å². The smallest absolute Gasteiger partial charge is 0.235 e. The van der Waals surface area contributed by atoms with E-state index in [0.717, 1.165) is 5.56 Å². The molecule has 1 aromatic rings. The van der Waals surface area contributed by atoms with Crippen LogP contribution in [-0.4, -0.2) is 69.9 Å². The molecule has 182 valence electrons. The highest BCUT2D eigenvalue weighted by molar-refractivity contribution is 6.32. The Morgan fingerprint density at radius 3 is 2.38 bits per heavy atom. The van der Waals surface area contributed by atoms with Gasteiger partial charge in [-0.25, -0.2) is 0 Å². The molecule has 0 spiro atoms.